The highest BCUT2D eigenvalue weighted by atomic mass is 16.2. The second-order valence-corrected chi connectivity index (χ2v) is 6.44. The number of carbonyl (C=O) groups is 2. The van der Waals surface area contributed by atoms with Crippen molar-refractivity contribution in [3.05, 3.63) is 0 Å². The molecule has 2 aliphatic rings. The Labute approximate surface area is 122 Å². The highest BCUT2D eigenvalue weighted by Gasteiger charge is 2.41. The Morgan fingerprint density at radius 3 is 2.50 bits per heavy atom. The summed E-state index contributed by atoms with van der Waals surface area (Å²) in [6, 6.07) is -0.564. The van der Waals surface area contributed by atoms with E-state index in [0.717, 1.165) is 38.1 Å². The van der Waals surface area contributed by atoms with Gasteiger partial charge in [0.05, 0.1) is 0 Å². The van der Waals surface area contributed by atoms with Crippen LogP contribution >= 0.6 is 0 Å². The summed E-state index contributed by atoms with van der Waals surface area (Å²) < 4.78 is 0. The number of hydrogen-bond acceptors (Lipinski definition) is 2. The minimum Gasteiger partial charge on any atom is -0.342 e. The lowest BCUT2D eigenvalue weighted by atomic mass is 9.93. The van der Waals surface area contributed by atoms with Gasteiger partial charge in [0.2, 0.25) is 11.8 Å². The summed E-state index contributed by atoms with van der Waals surface area (Å²) >= 11 is 0. The monoisotopic (exact) mass is 280 g/mol. The fourth-order valence-corrected chi connectivity index (χ4v) is 2.96. The molecule has 2 fully saturated rings. The van der Waals surface area contributed by atoms with Gasteiger partial charge in [-0.15, -0.1) is 0 Å². The van der Waals surface area contributed by atoms with E-state index in [1.165, 1.54) is 12.8 Å². The maximum absolute atomic E-state index is 12.7. The van der Waals surface area contributed by atoms with Crippen LogP contribution in [0.3, 0.4) is 0 Å². The molecule has 1 aliphatic carbocycles. The summed E-state index contributed by atoms with van der Waals surface area (Å²) in [5.41, 5.74) is 0. The Morgan fingerprint density at radius 2 is 1.95 bits per heavy atom. The summed E-state index contributed by atoms with van der Waals surface area (Å²) in [5, 5.41) is 2.95. The van der Waals surface area contributed by atoms with Crippen molar-refractivity contribution < 1.29 is 9.59 Å². The predicted molar refractivity (Wildman–Crippen MR) is 79.1 cm³/mol. The molecule has 1 heterocycles. The summed E-state index contributed by atoms with van der Waals surface area (Å²) in [4.78, 5) is 26.9. The fraction of sp³-hybridized carbons (Fsp3) is 0.875. The van der Waals surface area contributed by atoms with Crippen LogP contribution in [0.5, 0.6) is 0 Å². The number of piperazine rings is 1. The minimum absolute atomic E-state index is 0.0487. The minimum atomic E-state index is -0.320. The van der Waals surface area contributed by atoms with E-state index in [1.54, 1.807) is 0 Å². The van der Waals surface area contributed by atoms with Gasteiger partial charge in [-0.2, -0.15) is 0 Å². The zero-order valence-corrected chi connectivity index (χ0v) is 13.0. The molecule has 0 spiro atoms. The average Bonchev–Trinajstić information content (AvgIpc) is 3.25. The van der Waals surface area contributed by atoms with Gasteiger partial charge in [0.25, 0.3) is 0 Å². The van der Waals surface area contributed by atoms with Gasteiger partial charge in [-0.1, -0.05) is 46.5 Å². The van der Waals surface area contributed by atoms with Crippen LogP contribution in [0.2, 0.25) is 0 Å². The molecule has 4 heteroatoms. The van der Waals surface area contributed by atoms with Gasteiger partial charge in [0, 0.05) is 6.54 Å². The van der Waals surface area contributed by atoms with Crippen LogP contribution in [0.1, 0.15) is 59.3 Å². The first-order valence-electron chi connectivity index (χ1n) is 8.19. The van der Waals surface area contributed by atoms with E-state index in [4.69, 9.17) is 0 Å². The maximum atomic E-state index is 12.7. The molecule has 2 rings (SSSR count). The van der Waals surface area contributed by atoms with Crippen molar-refractivity contribution in [3.8, 4) is 0 Å². The van der Waals surface area contributed by atoms with E-state index in [2.05, 4.69) is 19.2 Å². The zero-order valence-electron chi connectivity index (χ0n) is 13.0. The molecule has 0 aromatic rings. The van der Waals surface area contributed by atoms with E-state index in [9.17, 15) is 9.59 Å². The van der Waals surface area contributed by atoms with Crippen LogP contribution < -0.4 is 5.32 Å². The second-order valence-electron chi connectivity index (χ2n) is 6.44. The molecule has 114 valence electrons. The fourth-order valence-electron chi connectivity index (χ4n) is 2.96. The third-order valence-corrected chi connectivity index (χ3v) is 4.78. The Balaban J connectivity index is 2.09. The van der Waals surface area contributed by atoms with E-state index < -0.39 is 0 Å². The molecule has 1 saturated carbocycles. The number of nitrogens with one attached hydrogen (secondary N) is 1. The molecule has 1 saturated heterocycles. The first-order valence-corrected chi connectivity index (χ1v) is 8.19. The Bertz CT molecular complexity index is 365. The molecule has 1 aliphatic heterocycles. The van der Waals surface area contributed by atoms with Gasteiger partial charge >= 0.3 is 0 Å². The lowest BCUT2D eigenvalue weighted by molar-refractivity contribution is -0.151. The normalized spacial score (nSPS) is 28.4. The Hall–Kier alpha value is -1.06. The van der Waals surface area contributed by atoms with Crippen molar-refractivity contribution in [1.82, 2.24) is 10.2 Å². The molecule has 0 aromatic heterocycles. The molecular weight excluding hydrogens is 252 g/mol. The molecule has 20 heavy (non-hydrogen) atoms. The second kappa shape index (κ2) is 6.59. The molecule has 4 nitrogen and oxygen atoms in total. The van der Waals surface area contributed by atoms with Crippen LogP contribution in [-0.4, -0.2) is 35.3 Å². The third kappa shape index (κ3) is 3.33. The molecule has 1 N–H and O–H groups in total. The van der Waals surface area contributed by atoms with E-state index in [0.29, 0.717) is 0 Å². The van der Waals surface area contributed by atoms with E-state index >= 15 is 0 Å². The van der Waals surface area contributed by atoms with Gasteiger partial charge in [-0.25, -0.2) is 0 Å². The first kappa shape index (κ1) is 15.3. The molecule has 0 aromatic carbocycles. The zero-order chi connectivity index (χ0) is 14.7. The van der Waals surface area contributed by atoms with Crippen LogP contribution in [0.4, 0.5) is 0 Å². The van der Waals surface area contributed by atoms with Crippen molar-refractivity contribution in [2.45, 2.75) is 71.4 Å². The molecule has 0 bridgehead atoms. The van der Waals surface area contributed by atoms with Gasteiger partial charge in [0.15, 0.2) is 0 Å². The lowest BCUT2D eigenvalue weighted by Gasteiger charge is -2.41. The number of nitrogens with zero attached hydrogens (tertiary/aromatic N) is 1. The molecular formula is C16H28N2O2. The molecule has 3 atom stereocenters. The standard InChI is InChI=1S/C16H28N2O2/c1-4-6-13-15(19)17-14(11(3)5-2)16(20)18(13)10-9-12-7-8-12/h11-14H,4-10H2,1-3H3,(H,17,19). The molecule has 2 amide bonds. The van der Waals surface area contributed by atoms with Gasteiger partial charge in [-0.05, 0) is 24.7 Å². The van der Waals surface area contributed by atoms with Gasteiger partial charge in [-0.3, -0.25) is 9.59 Å². The number of carbonyl (C=O) groups excluding carboxylic acids is 2. The molecule has 0 radical (unpaired) electrons. The van der Waals surface area contributed by atoms with Crippen molar-refractivity contribution in [2.75, 3.05) is 6.54 Å². The first-order chi connectivity index (χ1) is 9.58. The van der Waals surface area contributed by atoms with E-state index in [-0.39, 0.29) is 29.8 Å². The number of amides is 2. The summed E-state index contributed by atoms with van der Waals surface area (Å²) in [6.45, 7) is 6.94. The summed E-state index contributed by atoms with van der Waals surface area (Å²) in [5.74, 6) is 1.18. The van der Waals surface area contributed by atoms with Crippen molar-refractivity contribution >= 4 is 11.8 Å². The Morgan fingerprint density at radius 1 is 1.25 bits per heavy atom. The number of hydrogen-bond donors (Lipinski definition) is 1. The van der Waals surface area contributed by atoms with Gasteiger partial charge in [0.1, 0.15) is 12.1 Å². The summed E-state index contributed by atoms with van der Waals surface area (Å²) in [7, 11) is 0. The maximum Gasteiger partial charge on any atom is 0.246 e. The van der Waals surface area contributed by atoms with Crippen molar-refractivity contribution in [2.24, 2.45) is 11.8 Å². The largest absolute Gasteiger partial charge is 0.342 e. The quantitative estimate of drug-likeness (QED) is 0.778. The molecule has 3 unspecified atom stereocenters. The van der Waals surface area contributed by atoms with Crippen molar-refractivity contribution in [3.63, 3.8) is 0 Å². The summed E-state index contributed by atoms with van der Waals surface area (Å²) in [6.07, 6.45) is 6.26. The highest BCUT2D eigenvalue weighted by Crippen LogP contribution is 2.33. The van der Waals surface area contributed by atoms with Crippen LogP contribution in [0, 0.1) is 11.8 Å². The van der Waals surface area contributed by atoms with Gasteiger partial charge < -0.3 is 10.2 Å². The smallest absolute Gasteiger partial charge is 0.246 e. The van der Waals surface area contributed by atoms with Crippen LogP contribution in [0.15, 0.2) is 0 Å². The SMILES string of the molecule is CCCC1C(=O)NC(C(C)CC)C(=O)N1CCC1CC1. The van der Waals surface area contributed by atoms with Crippen LogP contribution in [0.25, 0.3) is 0 Å². The van der Waals surface area contributed by atoms with Crippen molar-refractivity contribution in [1.29, 1.82) is 0 Å². The predicted octanol–water partition coefficient (Wildman–Crippen LogP) is 2.33. The average molecular weight is 280 g/mol. The number of rotatable bonds is 7. The van der Waals surface area contributed by atoms with Crippen LogP contribution in [-0.2, 0) is 9.59 Å². The Kier molecular flexibility index (Phi) is 5.06. The topological polar surface area (TPSA) is 49.4 Å². The lowest BCUT2D eigenvalue weighted by Crippen LogP contribution is -2.65. The highest BCUT2D eigenvalue weighted by molar-refractivity contribution is 5.97. The third-order valence-electron chi connectivity index (χ3n) is 4.78. The van der Waals surface area contributed by atoms with E-state index in [1.807, 2.05) is 11.8 Å².